The average Bonchev–Trinajstić information content (AvgIpc) is 2.26. The fraction of sp³-hybridized carbons (Fsp3) is 1.00. The molecule has 0 radical (unpaired) electrons. The first-order chi connectivity index (χ1) is 7.07. The molecular weight excluding hydrogens is 190 g/mol. The largest absolute Gasteiger partial charge is 0.389 e. The molecule has 3 nitrogen and oxygen atoms in total. The van der Waals surface area contributed by atoms with Crippen molar-refractivity contribution in [3.8, 4) is 0 Å². The van der Waals surface area contributed by atoms with Gasteiger partial charge in [-0.3, -0.25) is 0 Å². The average molecular weight is 215 g/mol. The SMILES string of the molecule is COC(C)C(C)NCC1(O)CCCCC1. The highest BCUT2D eigenvalue weighted by molar-refractivity contribution is 4.86. The van der Waals surface area contributed by atoms with Crippen LogP contribution in [0.2, 0.25) is 0 Å². The van der Waals surface area contributed by atoms with E-state index in [1.807, 2.05) is 6.92 Å². The molecule has 0 bridgehead atoms. The first-order valence-corrected chi connectivity index (χ1v) is 6.06. The van der Waals surface area contributed by atoms with Gasteiger partial charge in [-0.15, -0.1) is 0 Å². The van der Waals surface area contributed by atoms with E-state index in [9.17, 15) is 5.11 Å². The lowest BCUT2D eigenvalue weighted by Gasteiger charge is -2.34. The Labute approximate surface area is 93.2 Å². The van der Waals surface area contributed by atoms with Gasteiger partial charge in [0, 0.05) is 19.7 Å². The molecule has 0 heterocycles. The van der Waals surface area contributed by atoms with Crippen LogP contribution in [0, 0.1) is 0 Å². The fourth-order valence-electron chi connectivity index (χ4n) is 2.11. The highest BCUT2D eigenvalue weighted by Crippen LogP contribution is 2.27. The van der Waals surface area contributed by atoms with E-state index in [0.717, 1.165) is 25.7 Å². The molecule has 0 amide bonds. The number of hydrogen-bond donors (Lipinski definition) is 2. The second-order valence-electron chi connectivity index (χ2n) is 4.90. The lowest BCUT2D eigenvalue weighted by atomic mass is 9.84. The van der Waals surface area contributed by atoms with Gasteiger partial charge in [0.15, 0.2) is 0 Å². The molecule has 2 N–H and O–H groups in total. The lowest BCUT2D eigenvalue weighted by Crippen LogP contribution is -2.47. The molecule has 0 aromatic heterocycles. The molecule has 0 spiro atoms. The van der Waals surface area contributed by atoms with Crippen LogP contribution in [0.3, 0.4) is 0 Å². The Balaban J connectivity index is 2.28. The normalized spacial score (nSPS) is 24.8. The van der Waals surface area contributed by atoms with E-state index in [-0.39, 0.29) is 6.10 Å². The third-order valence-electron chi connectivity index (χ3n) is 3.61. The van der Waals surface area contributed by atoms with Gasteiger partial charge in [0.25, 0.3) is 0 Å². The van der Waals surface area contributed by atoms with Crippen LogP contribution in [-0.4, -0.2) is 36.5 Å². The van der Waals surface area contributed by atoms with Crippen molar-refractivity contribution in [2.24, 2.45) is 0 Å². The molecule has 2 atom stereocenters. The summed E-state index contributed by atoms with van der Waals surface area (Å²) in [4.78, 5) is 0. The maximum Gasteiger partial charge on any atom is 0.0771 e. The lowest BCUT2D eigenvalue weighted by molar-refractivity contribution is -0.00337. The van der Waals surface area contributed by atoms with Crippen LogP contribution in [0.1, 0.15) is 46.0 Å². The maximum absolute atomic E-state index is 10.3. The number of aliphatic hydroxyl groups is 1. The summed E-state index contributed by atoms with van der Waals surface area (Å²) in [6.07, 6.45) is 5.66. The van der Waals surface area contributed by atoms with Crippen molar-refractivity contribution in [1.82, 2.24) is 5.32 Å². The molecule has 0 saturated heterocycles. The summed E-state index contributed by atoms with van der Waals surface area (Å²) in [6, 6.07) is 0.293. The third kappa shape index (κ3) is 4.09. The summed E-state index contributed by atoms with van der Waals surface area (Å²) >= 11 is 0. The van der Waals surface area contributed by atoms with Crippen LogP contribution in [0.25, 0.3) is 0 Å². The summed E-state index contributed by atoms with van der Waals surface area (Å²) in [7, 11) is 1.72. The zero-order valence-corrected chi connectivity index (χ0v) is 10.3. The van der Waals surface area contributed by atoms with Crippen LogP contribution < -0.4 is 5.32 Å². The number of methoxy groups -OCH3 is 1. The van der Waals surface area contributed by atoms with Crippen LogP contribution >= 0.6 is 0 Å². The highest BCUT2D eigenvalue weighted by atomic mass is 16.5. The van der Waals surface area contributed by atoms with Crippen molar-refractivity contribution >= 4 is 0 Å². The minimum Gasteiger partial charge on any atom is -0.389 e. The predicted molar refractivity (Wildman–Crippen MR) is 62.0 cm³/mol. The molecule has 0 aliphatic heterocycles. The summed E-state index contributed by atoms with van der Waals surface area (Å²) in [5.41, 5.74) is -0.472. The first kappa shape index (κ1) is 12.9. The van der Waals surface area contributed by atoms with Crippen LogP contribution in [0.5, 0.6) is 0 Å². The number of nitrogens with one attached hydrogen (secondary N) is 1. The Morgan fingerprint density at radius 2 is 1.87 bits per heavy atom. The van der Waals surface area contributed by atoms with Crippen molar-refractivity contribution in [1.29, 1.82) is 0 Å². The third-order valence-corrected chi connectivity index (χ3v) is 3.61. The molecule has 1 aliphatic rings. The zero-order chi connectivity index (χ0) is 11.3. The molecule has 2 unspecified atom stereocenters. The second kappa shape index (κ2) is 5.83. The van der Waals surface area contributed by atoms with Gasteiger partial charge >= 0.3 is 0 Å². The van der Waals surface area contributed by atoms with Crippen LogP contribution in [0.15, 0.2) is 0 Å². The van der Waals surface area contributed by atoms with E-state index in [2.05, 4.69) is 12.2 Å². The quantitative estimate of drug-likeness (QED) is 0.733. The summed E-state index contributed by atoms with van der Waals surface area (Å²) in [5.74, 6) is 0. The van der Waals surface area contributed by atoms with E-state index in [1.165, 1.54) is 6.42 Å². The summed E-state index contributed by atoms with van der Waals surface area (Å²) in [6.45, 7) is 4.84. The second-order valence-corrected chi connectivity index (χ2v) is 4.90. The van der Waals surface area contributed by atoms with Crippen molar-refractivity contribution < 1.29 is 9.84 Å². The fourth-order valence-corrected chi connectivity index (χ4v) is 2.11. The molecular formula is C12H25NO2. The van der Waals surface area contributed by atoms with E-state index >= 15 is 0 Å². The topological polar surface area (TPSA) is 41.5 Å². The van der Waals surface area contributed by atoms with Gasteiger partial charge < -0.3 is 15.2 Å². The smallest absolute Gasteiger partial charge is 0.0771 e. The Morgan fingerprint density at radius 1 is 1.27 bits per heavy atom. The van der Waals surface area contributed by atoms with Crippen LogP contribution in [0.4, 0.5) is 0 Å². The minimum atomic E-state index is -0.472. The Bertz CT molecular complexity index is 178. The number of hydrogen-bond acceptors (Lipinski definition) is 3. The molecule has 90 valence electrons. The van der Waals surface area contributed by atoms with E-state index in [1.54, 1.807) is 7.11 Å². The van der Waals surface area contributed by atoms with Crippen molar-refractivity contribution in [2.45, 2.75) is 63.7 Å². The first-order valence-electron chi connectivity index (χ1n) is 6.06. The Kier molecular flexibility index (Phi) is 5.03. The molecule has 1 fully saturated rings. The summed E-state index contributed by atoms with van der Waals surface area (Å²) < 4.78 is 5.24. The standard InChI is InChI=1S/C12H25NO2/c1-10(11(2)15-3)13-9-12(14)7-5-4-6-8-12/h10-11,13-14H,4-9H2,1-3H3. The molecule has 1 aliphatic carbocycles. The van der Waals surface area contributed by atoms with Gasteiger partial charge in [0.2, 0.25) is 0 Å². The van der Waals surface area contributed by atoms with Crippen LogP contribution in [-0.2, 0) is 4.74 Å². The van der Waals surface area contributed by atoms with E-state index < -0.39 is 5.60 Å². The van der Waals surface area contributed by atoms with Crippen molar-refractivity contribution in [2.75, 3.05) is 13.7 Å². The molecule has 1 saturated carbocycles. The molecule has 15 heavy (non-hydrogen) atoms. The monoisotopic (exact) mass is 215 g/mol. The van der Waals surface area contributed by atoms with Gasteiger partial charge in [-0.05, 0) is 26.7 Å². The van der Waals surface area contributed by atoms with Gasteiger partial charge in [0.1, 0.15) is 0 Å². The highest BCUT2D eigenvalue weighted by Gasteiger charge is 2.29. The number of rotatable bonds is 5. The molecule has 1 rings (SSSR count). The van der Waals surface area contributed by atoms with Crippen molar-refractivity contribution in [3.63, 3.8) is 0 Å². The van der Waals surface area contributed by atoms with Gasteiger partial charge in [-0.25, -0.2) is 0 Å². The van der Waals surface area contributed by atoms with Gasteiger partial charge in [0.05, 0.1) is 11.7 Å². The molecule has 3 heteroatoms. The number of ether oxygens (including phenoxy) is 1. The summed E-state index contributed by atoms with van der Waals surface area (Å²) in [5, 5.41) is 13.6. The Hall–Kier alpha value is -0.120. The molecule has 0 aromatic rings. The van der Waals surface area contributed by atoms with Gasteiger partial charge in [-0.1, -0.05) is 19.3 Å². The predicted octanol–water partition coefficient (Wildman–Crippen LogP) is 1.69. The van der Waals surface area contributed by atoms with E-state index in [4.69, 9.17) is 4.74 Å². The van der Waals surface area contributed by atoms with Crippen molar-refractivity contribution in [3.05, 3.63) is 0 Å². The maximum atomic E-state index is 10.3. The van der Waals surface area contributed by atoms with E-state index in [0.29, 0.717) is 12.6 Å². The Morgan fingerprint density at radius 3 is 2.40 bits per heavy atom. The zero-order valence-electron chi connectivity index (χ0n) is 10.3. The molecule has 0 aromatic carbocycles. The van der Waals surface area contributed by atoms with Gasteiger partial charge in [-0.2, -0.15) is 0 Å². The minimum absolute atomic E-state index is 0.192.